The van der Waals surface area contributed by atoms with Gasteiger partial charge in [-0.3, -0.25) is 0 Å². The summed E-state index contributed by atoms with van der Waals surface area (Å²) in [4.78, 5) is 2.57. The molecule has 0 bridgehead atoms. The van der Waals surface area contributed by atoms with Crippen LogP contribution in [0, 0.1) is 0 Å². The van der Waals surface area contributed by atoms with Crippen molar-refractivity contribution in [3.05, 3.63) is 0 Å². The lowest BCUT2D eigenvalue weighted by Gasteiger charge is -2.19. The lowest BCUT2D eigenvalue weighted by molar-refractivity contribution is 0.270. The lowest BCUT2D eigenvalue weighted by atomic mass is 10.2. The summed E-state index contributed by atoms with van der Waals surface area (Å²) < 4.78 is 0. The molecule has 0 aromatic carbocycles. The van der Waals surface area contributed by atoms with Crippen LogP contribution in [0.4, 0.5) is 0 Å². The standard InChI is InChI=1S/C8H17NS/c1-8-4-2-5-9(8)6-3-7-10/h8,10H,2-7H2,1H3. The molecule has 0 aliphatic carbocycles. The number of likely N-dealkylation sites (tertiary alicyclic amines) is 1. The van der Waals surface area contributed by atoms with Crippen molar-refractivity contribution in [3.8, 4) is 0 Å². The number of hydrogen-bond donors (Lipinski definition) is 1. The van der Waals surface area contributed by atoms with Gasteiger partial charge in [-0.2, -0.15) is 12.6 Å². The predicted octanol–water partition coefficient (Wildman–Crippen LogP) is 1.79. The van der Waals surface area contributed by atoms with Crippen molar-refractivity contribution in [1.29, 1.82) is 0 Å². The van der Waals surface area contributed by atoms with E-state index in [4.69, 9.17) is 0 Å². The molecule has 1 aliphatic heterocycles. The van der Waals surface area contributed by atoms with Crippen LogP contribution in [-0.2, 0) is 0 Å². The molecular formula is C8H17NS. The summed E-state index contributed by atoms with van der Waals surface area (Å²) in [6, 6.07) is 0.833. The maximum atomic E-state index is 4.20. The molecule has 0 saturated carbocycles. The van der Waals surface area contributed by atoms with Crippen LogP contribution < -0.4 is 0 Å². The van der Waals surface area contributed by atoms with E-state index >= 15 is 0 Å². The summed E-state index contributed by atoms with van der Waals surface area (Å²) in [6.45, 7) is 4.89. The first kappa shape index (κ1) is 8.41. The van der Waals surface area contributed by atoms with Gasteiger partial charge < -0.3 is 4.90 Å². The van der Waals surface area contributed by atoms with Gasteiger partial charge in [0.25, 0.3) is 0 Å². The molecule has 10 heavy (non-hydrogen) atoms. The lowest BCUT2D eigenvalue weighted by Crippen LogP contribution is -2.27. The van der Waals surface area contributed by atoms with Gasteiger partial charge in [-0.25, -0.2) is 0 Å². The van der Waals surface area contributed by atoms with Crippen LogP contribution >= 0.6 is 12.6 Å². The van der Waals surface area contributed by atoms with Crippen LogP contribution in [-0.4, -0.2) is 29.8 Å². The number of thiol groups is 1. The molecule has 0 N–H and O–H groups in total. The number of nitrogens with zero attached hydrogens (tertiary/aromatic N) is 1. The first-order valence-corrected chi connectivity index (χ1v) is 4.82. The largest absolute Gasteiger partial charge is 0.301 e. The van der Waals surface area contributed by atoms with E-state index in [0.29, 0.717) is 0 Å². The second kappa shape index (κ2) is 4.24. The average molecular weight is 159 g/mol. The van der Waals surface area contributed by atoms with E-state index in [0.717, 1.165) is 11.8 Å². The van der Waals surface area contributed by atoms with E-state index in [-0.39, 0.29) is 0 Å². The van der Waals surface area contributed by atoms with Gasteiger partial charge in [0, 0.05) is 6.04 Å². The molecule has 1 aliphatic rings. The summed E-state index contributed by atoms with van der Waals surface area (Å²) in [5.41, 5.74) is 0. The predicted molar refractivity (Wildman–Crippen MR) is 48.7 cm³/mol. The fourth-order valence-electron chi connectivity index (χ4n) is 1.60. The Balaban J connectivity index is 2.14. The maximum absolute atomic E-state index is 4.20. The summed E-state index contributed by atoms with van der Waals surface area (Å²) in [5, 5.41) is 0. The summed E-state index contributed by atoms with van der Waals surface area (Å²) in [6.07, 6.45) is 4.04. The van der Waals surface area contributed by atoms with Gasteiger partial charge >= 0.3 is 0 Å². The van der Waals surface area contributed by atoms with E-state index < -0.39 is 0 Å². The van der Waals surface area contributed by atoms with Gasteiger partial charge in [0.15, 0.2) is 0 Å². The Bertz CT molecular complexity index is 95.3. The summed E-state index contributed by atoms with van der Waals surface area (Å²) >= 11 is 4.20. The number of hydrogen-bond acceptors (Lipinski definition) is 2. The smallest absolute Gasteiger partial charge is 0.00674 e. The molecule has 1 rings (SSSR count). The molecule has 1 fully saturated rings. The molecule has 1 saturated heterocycles. The monoisotopic (exact) mass is 159 g/mol. The van der Waals surface area contributed by atoms with E-state index in [2.05, 4.69) is 24.5 Å². The van der Waals surface area contributed by atoms with Crippen molar-refractivity contribution < 1.29 is 0 Å². The van der Waals surface area contributed by atoms with Crippen LogP contribution in [0.2, 0.25) is 0 Å². The minimum Gasteiger partial charge on any atom is -0.301 e. The van der Waals surface area contributed by atoms with E-state index in [9.17, 15) is 0 Å². The van der Waals surface area contributed by atoms with E-state index in [1.807, 2.05) is 0 Å². The fourth-order valence-corrected chi connectivity index (χ4v) is 1.74. The summed E-state index contributed by atoms with van der Waals surface area (Å²) in [5.74, 6) is 1.03. The Kier molecular flexibility index (Phi) is 3.57. The molecule has 60 valence electrons. The molecule has 1 nitrogen and oxygen atoms in total. The highest BCUT2D eigenvalue weighted by Gasteiger charge is 2.18. The molecule has 0 aromatic heterocycles. The maximum Gasteiger partial charge on any atom is 0.00674 e. The third kappa shape index (κ3) is 2.17. The van der Waals surface area contributed by atoms with Crippen molar-refractivity contribution >= 4 is 12.6 Å². The van der Waals surface area contributed by atoms with Gasteiger partial charge in [0.1, 0.15) is 0 Å². The molecule has 2 heteroatoms. The second-order valence-corrected chi connectivity index (χ2v) is 3.55. The Labute approximate surface area is 69.2 Å². The normalized spacial score (nSPS) is 27.6. The Hall–Kier alpha value is 0.310. The third-order valence-corrected chi connectivity index (χ3v) is 2.61. The Morgan fingerprint density at radius 1 is 1.60 bits per heavy atom. The van der Waals surface area contributed by atoms with Crippen LogP contribution in [0.3, 0.4) is 0 Å². The van der Waals surface area contributed by atoms with Crippen molar-refractivity contribution in [2.45, 2.75) is 32.2 Å². The van der Waals surface area contributed by atoms with Crippen molar-refractivity contribution in [2.75, 3.05) is 18.8 Å². The first-order chi connectivity index (χ1) is 4.84. The van der Waals surface area contributed by atoms with Gasteiger partial charge in [0.2, 0.25) is 0 Å². The van der Waals surface area contributed by atoms with Crippen LogP contribution in [0.25, 0.3) is 0 Å². The highest BCUT2D eigenvalue weighted by atomic mass is 32.1. The van der Waals surface area contributed by atoms with Gasteiger partial charge in [-0.15, -0.1) is 0 Å². The van der Waals surface area contributed by atoms with Gasteiger partial charge in [0.05, 0.1) is 0 Å². The topological polar surface area (TPSA) is 3.24 Å². The minimum absolute atomic E-state index is 0.833. The SMILES string of the molecule is CC1CCCN1CCCS. The van der Waals surface area contributed by atoms with E-state index in [1.165, 1.54) is 32.4 Å². The van der Waals surface area contributed by atoms with E-state index in [1.54, 1.807) is 0 Å². The zero-order chi connectivity index (χ0) is 7.40. The fraction of sp³-hybridized carbons (Fsp3) is 1.00. The van der Waals surface area contributed by atoms with Gasteiger partial charge in [-0.1, -0.05) is 0 Å². The zero-order valence-corrected chi connectivity index (χ0v) is 7.61. The average Bonchev–Trinajstić information content (AvgIpc) is 2.31. The van der Waals surface area contributed by atoms with Crippen molar-refractivity contribution in [2.24, 2.45) is 0 Å². The molecule has 0 radical (unpaired) electrons. The van der Waals surface area contributed by atoms with Crippen LogP contribution in [0.5, 0.6) is 0 Å². The molecule has 0 aromatic rings. The molecular weight excluding hydrogens is 142 g/mol. The molecule has 1 atom stereocenters. The molecule has 0 spiro atoms. The van der Waals surface area contributed by atoms with Crippen molar-refractivity contribution in [3.63, 3.8) is 0 Å². The highest BCUT2D eigenvalue weighted by Crippen LogP contribution is 2.15. The summed E-state index contributed by atoms with van der Waals surface area (Å²) in [7, 11) is 0. The Morgan fingerprint density at radius 2 is 2.40 bits per heavy atom. The van der Waals surface area contributed by atoms with Crippen molar-refractivity contribution in [1.82, 2.24) is 4.90 Å². The van der Waals surface area contributed by atoms with Crippen LogP contribution in [0.1, 0.15) is 26.2 Å². The minimum atomic E-state index is 0.833. The second-order valence-electron chi connectivity index (χ2n) is 3.10. The number of rotatable bonds is 3. The molecule has 1 heterocycles. The zero-order valence-electron chi connectivity index (χ0n) is 6.71. The quantitative estimate of drug-likeness (QED) is 0.614. The molecule has 1 unspecified atom stereocenters. The third-order valence-electron chi connectivity index (χ3n) is 2.29. The first-order valence-electron chi connectivity index (χ1n) is 4.19. The highest BCUT2D eigenvalue weighted by molar-refractivity contribution is 7.80. The van der Waals surface area contributed by atoms with Gasteiger partial charge in [-0.05, 0) is 45.0 Å². The van der Waals surface area contributed by atoms with Crippen LogP contribution in [0.15, 0.2) is 0 Å². The Morgan fingerprint density at radius 3 is 2.90 bits per heavy atom. The molecule has 0 amide bonds.